The lowest BCUT2D eigenvalue weighted by molar-refractivity contribution is -0.120. The van der Waals surface area contributed by atoms with Gasteiger partial charge in [-0.15, -0.1) is 0 Å². The van der Waals surface area contributed by atoms with Crippen LogP contribution in [0.25, 0.3) is 0 Å². The molecule has 9 nitrogen and oxygen atoms in total. The number of halogens is 1. The summed E-state index contributed by atoms with van der Waals surface area (Å²) in [5.41, 5.74) is 7.99. The molecule has 10 heteroatoms. The Kier molecular flexibility index (Phi) is 10.1. The molecular weight excluding hydrogens is 588 g/mol. The number of hydrazine groups is 1. The Hall–Kier alpha value is -3.76. The highest BCUT2D eigenvalue weighted by atomic mass is 79.9. The van der Waals surface area contributed by atoms with Gasteiger partial charge in [0.15, 0.2) is 0 Å². The van der Waals surface area contributed by atoms with Crippen LogP contribution in [-0.2, 0) is 16.1 Å². The Bertz CT molecular complexity index is 1380. The van der Waals surface area contributed by atoms with Crippen molar-refractivity contribution in [2.24, 2.45) is 0 Å². The lowest BCUT2D eigenvalue weighted by Crippen LogP contribution is -2.41. The summed E-state index contributed by atoms with van der Waals surface area (Å²) in [4.78, 5) is 33.8. The molecule has 3 aromatic carbocycles. The largest absolute Gasteiger partial charge is 0.497 e. The zero-order valence-corrected chi connectivity index (χ0v) is 25.8. The quantitative estimate of drug-likeness (QED) is 0.285. The van der Waals surface area contributed by atoms with Gasteiger partial charge in [0.1, 0.15) is 11.5 Å². The molecular formula is C31H37BrN4O5. The van der Waals surface area contributed by atoms with E-state index < -0.39 is 0 Å². The van der Waals surface area contributed by atoms with Crippen LogP contribution in [0.3, 0.4) is 0 Å². The summed E-state index contributed by atoms with van der Waals surface area (Å²) in [7, 11) is 6.05. The first-order valence-corrected chi connectivity index (χ1v) is 14.3. The summed E-state index contributed by atoms with van der Waals surface area (Å²) >= 11 is 3.54. The average molecular weight is 626 g/mol. The molecule has 3 aromatic rings. The van der Waals surface area contributed by atoms with Gasteiger partial charge in [0.05, 0.1) is 50.4 Å². The molecule has 1 N–H and O–H groups in total. The number of ether oxygens (including phenoxy) is 2. The van der Waals surface area contributed by atoms with Gasteiger partial charge in [0.25, 0.3) is 5.91 Å². The van der Waals surface area contributed by atoms with Crippen molar-refractivity contribution >= 4 is 44.8 Å². The van der Waals surface area contributed by atoms with Crippen LogP contribution in [0.1, 0.15) is 40.7 Å². The third-order valence-electron chi connectivity index (χ3n) is 7.21. The van der Waals surface area contributed by atoms with Crippen molar-refractivity contribution in [1.82, 2.24) is 10.5 Å². The van der Waals surface area contributed by atoms with E-state index in [4.69, 9.17) is 14.3 Å². The van der Waals surface area contributed by atoms with E-state index in [1.807, 2.05) is 29.3 Å². The summed E-state index contributed by atoms with van der Waals surface area (Å²) in [6.07, 6.45) is 3.54. The van der Waals surface area contributed by atoms with Gasteiger partial charge in [-0.3, -0.25) is 24.9 Å². The van der Waals surface area contributed by atoms with Crippen LogP contribution in [0.4, 0.5) is 17.1 Å². The summed E-state index contributed by atoms with van der Waals surface area (Å²) in [6, 6.07) is 17.2. The van der Waals surface area contributed by atoms with E-state index in [0.717, 1.165) is 59.4 Å². The van der Waals surface area contributed by atoms with Gasteiger partial charge in [-0.25, -0.2) is 5.06 Å². The third kappa shape index (κ3) is 6.94. The molecule has 1 saturated heterocycles. The molecule has 1 aliphatic heterocycles. The maximum absolute atomic E-state index is 13.7. The Morgan fingerprint density at radius 2 is 1.68 bits per heavy atom. The molecule has 0 saturated carbocycles. The van der Waals surface area contributed by atoms with Gasteiger partial charge in [0.2, 0.25) is 5.91 Å². The van der Waals surface area contributed by atoms with Crippen LogP contribution >= 0.6 is 15.9 Å². The maximum atomic E-state index is 13.7. The molecule has 2 amide bonds. The number of piperidine rings is 1. The second kappa shape index (κ2) is 13.7. The Labute approximate surface area is 250 Å². The van der Waals surface area contributed by atoms with Crippen molar-refractivity contribution < 1.29 is 23.9 Å². The van der Waals surface area contributed by atoms with Gasteiger partial charge < -0.3 is 14.4 Å². The lowest BCUT2D eigenvalue weighted by atomic mass is 10.1. The van der Waals surface area contributed by atoms with Gasteiger partial charge in [-0.05, 0) is 79.8 Å². The van der Waals surface area contributed by atoms with Crippen molar-refractivity contribution in [3.63, 3.8) is 0 Å². The Morgan fingerprint density at radius 1 is 0.976 bits per heavy atom. The highest BCUT2D eigenvalue weighted by Crippen LogP contribution is 2.38. The van der Waals surface area contributed by atoms with E-state index in [9.17, 15) is 9.59 Å². The van der Waals surface area contributed by atoms with E-state index >= 15 is 0 Å². The second-order valence-corrected chi connectivity index (χ2v) is 10.7. The summed E-state index contributed by atoms with van der Waals surface area (Å²) in [6.45, 7) is 3.99. The summed E-state index contributed by atoms with van der Waals surface area (Å²) < 4.78 is 11.5. The van der Waals surface area contributed by atoms with Crippen molar-refractivity contribution in [1.29, 1.82) is 0 Å². The minimum atomic E-state index is -0.364. The molecule has 0 atom stereocenters. The highest BCUT2D eigenvalue weighted by molar-refractivity contribution is 9.10. The molecule has 1 fully saturated rings. The number of hydrogen-bond acceptors (Lipinski definition) is 7. The molecule has 0 spiro atoms. The van der Waals surface area contributed by atoms with Crippen LogP contribution in [0, 0.1) is 6.92 Å². The summed E-state index contributed by atoms with van der Waals surface area (Å²) in [5.74, 6) is 0.482. The second-order valence-electron chi connectivity index (χ2n) is 9.86. The smallest absolute Gasteiger partial charge is 0.280 e. The van der Waals surface area contributed by atoms with Crippen molar-refractivity contribution in [3.8, 4) is 11.5 Å². The van der Waals surface area contributed by atoms with Gasteiger partial charge in [-0.1, -0.05) is 28.1 Å². The van der Waals surface area contributed by atoms with Crippen molar-refractivity contribution in [2.75, 3.05) is 51.4 Å². The number of hydroxylamine groups is 2. The number of anilines is 3. The van der Waals surface area contributed by atoms with E-state index in [1.54, 1.807) is 19.2 Å². The van der Waals surface area contributed by atoms with E-state index in [0.29, 0.717) is 21.3 Å². The molecule has 0 aliphatic carbocycles. The van der Waals surface area contributed by atoms with Crippen LogP contribution in [0.5, 0.6) is 11.5 Å². The van der Waals surface area contributed by atoms with E-state index in [2.05, 4.69) is 51.4 Å². The Balaban J connectivity index is 1.69. The van der Waals surface area contributed by atoms with Gasteiger partial charge in [-0.2, -0.15) is 0 Å². The van der Waals surface area contributed by atoms with Gasteiger partial charge >= 0.3 is 0 Å². The molecule has 218 valence electrons. The number of amides is 2. The molecule has 0 radical (unpaired) electrons. The maximum Gasteiger partial charge on any atom is 0.280 e. The zero-order valence-electron chi connectivity index (χ0n) is 24.2. The molecule has 1 heterocycles. The fourth-order valence-electron chi connectivity index (χ4n) is 4.96. The van der Waals surface area contributed by atoms with E-state index in [-0.39, 0.29) is 18.2 Å². The SMILES string of the molecule is COc1ccc(N(NC(=O)Cc2cc(OC)c(C(=O)N(C)OC)cc2Br)c2c(C)cccc2N2CCCCC2)cc1. The van der Waals surface area contributed by atoms with Crippen LogP contribution < -0.4 is 24.8 Å². The van der Waals surface area contributed by atoms with Crippen LogP contribution in [0.2, 0.25) is 0 Å². The first kappa shape index (κ1) is 30.2. The number of rotatable bonds is 10. The molecule has 0 bridgehead atoms. The highest BCUT2D eigenvalue weighted by Gasteiger charge is 2.24. The number of aryl methyl sites for hydroxylation is 1. The molecule has 41 heavy (non-hydrogen) atoms. The number of carbonyl (C=O) groups excluding carboxylic acids is 2. The van der Waals surface area contributed by atoms with Gasteiger partial charge in [0, 0.05) is 24.6 Å². The van der Waals surface area contributed by atoms with Crippen LogP contribution in [-0.4, -0.2) is 58.3 Å². The van der Waals surface area contributed by atoms with E-state index in [1.165, 1.54) is 27.7 Å². The standard InChI is InChI=1S/C31H37BrN4O5/c1-21-10-9-11-27(35-16-7-6-8-17-35)30(21)36(23-12-14-24(39-3)15-13-23)33-29(37)19-22-18-28(40-4)25(20-26(22)32)31(38)34(2)41-5/h9-15,18,20H,6-8,16-17,19H2,1-5H3,(H,33,37). The normalized spacial score (nSPS) is 13.0. The third-order valence-corrected chi connectivity index (χ3v) is 7.95. The Morgan fingerprint density at radius 3 is 2.32 bits per heavy atom. The monoisotopic (exact) mass is 624 g/mol. The lowest BCUT2D eigenvalue weighted by Gasteiger charge is -2.35. The van der Waals surface area contributed by atoms with Crippen molar-refractivity contribution in [2.45, 2.75) is 32.6 Å². The topological polar surface area (TPSA) is 83.6 Å². The number of para-hydroxylation sites is 1. The number of benzene rings is 3. The number of nitrogens with zero attached hydrogens (tertiary/aromatic N) is 3. The first-order valence-electron chi connectivity index (χ1n) is 13.5. The number of nitrogens with one attached hydrogen (secondary N) is 1. The molecule has 0 unspecified atom stereocenters. The molecule has 0 aromatic heterocycles. The zero-order chi connectivity index (χ0) is 29.5. The fourth-order valence-corrected chi connectivity index (χ4v) is 5.45. The molecule has 4 rings (SSSR count). The predicted molar refractivity (Wildman–Crippen MR) is 164 cm³/mol. The number of carbonyl (C=O) groups is 2. The predicted octanol–water partition coefficient (Wildman–Crippen LogP) is 5.81. The fraction of sp³-hybridized carbons (Fsp3) is 0.355. The summed E-state index contributed by atoms with van der Waals surface area (Å²) in [5, 5.41) is 2.98. The minimum Gasteiger partial charge on any atom is -0.497 e. The van der Waals surface area contributed by atoms with Crippen LogP contribution in [0.15, 0.2) is 59.1 Å². The average Bonchev–Trinajstić information content (AvgIpc) is 3.00. The first-order chi connectivity index (χ1) is 19.8. The molecule has 1 aliphatic rings. The number of hydrogen-bond donors (Lipinski definition) is 1. The number of methoxy groups -OCH3 is 2. The minimum absolute atomic E-state index is 0.0448. The van der Waals surface area contributed by atoms with Crippen molar-refractivity contribution in [3.05, 3.63) is 75.8 Å².